The third-order valence-electron chi connectivity index (χ3n) is 3.18. The Morgan fingerprint density at radius 1 is 1.15 bits per heavy atom. The highest BCUT2D eigenvalue weighted by Crippen LogP contribution is 2.14. The number of nitrogens with one attached hydrogen (secondary N) is 2. The quantitative estimate of drug-likeness (QED) is 0.739. The summed E-state index contributed by atoms with van der Waals surface area (Å²) >= 11 is 0. The van der Waals surface area contributed by atoms with E-state index >= 15 is 0 Å². The first-order valence-corrected chi connectivity index (χ1v) is 8.65. The number of hydrogen-bond donors (Lipinski definition) is 2. The zero-order chi connectivity index (χ0) is 19.3. The number of amides is 1. The largest absolute Gasteiger partial charge is 0.481 e. The molecule has 0 spiro atoms. The van der Waals surface area contributed by atoms with Crippen molar-refractivity contribution in [1.29, 1.82) is 5.26 Å². The van der Waals surface area contributed by atoms with Crippen molar-refractivity contribution in [3.8, 4) is 11.8 Å². The Bertz CT molecular complexity index is 956. The molecule has 0 radical (unpaired) electrons. The van der Waals surface area contributed by atoms with E-state index in [2.05, 4.69) is 0 Å². The number of carbonyl (C=O) groups is 1. The van der Waals surface area contributed by atoms with Crippen LogP contribution in [0.5, 0.6) is 5.75 Å². The minimum absolute atomic E-state index is 0.301. The number of ether oxygens (including phenoxy) is 1. The molecular weight excluding hydrogens is 368 g/mol. The number of benzene rings is 2. The molecule has 0 saturated carbocycles. The lowest BCUT2D eigenvalue weighted by atomic mass is 10.2. The van der Waals surface area contributed by atoms with Crippen molar-refractivity contribution >= 4 is 15.9 Å². The summed E-state index contributed by atoms with van der Waals surface area (Å²) in [5.41, 5.74) is 2.34. The number of halogens is 2. The van der Waals surface area contributed by atoms with Crippen LogP contribution >= 0.6 is 0 Å². The molecule has 136 valence electrons. The maximum atomic E-state index is 13.1. The molecule has 2 aromatic carbocycles. The first-order valence-electron chi connectivity index (χ1n) is 7.16. The van der Waals surface area contributed by atoms with E-state index in [4.69, 9.17) is 10.00 Å². The molecule has 2 N–H and O–H groups in total. The highest BCUT2D eigenvalue weighted by Gasteiger charge is 2.20. The fraction of sp³-hybridized carbons (Fsp3) is 0.125. The van der Waals surface area contributed by atoms with Crippen LogP contribution in [0.1, 0.15) is 12.5 Å². The predicted octanol–water partition coefficient (Wildman–Crippen LogP) is 1.61. The molecule has 0 fully saturated rings. The number of nitriles is 1. The monoisotopic (exact) mass is 381 g/mol. The van der Waals surface area contributed by atoms with Crippen LogP contribution in [0.3, 0.4) is 0 Å². The van der Waals surface area contributed by atoms with Crippen LogP contribution in [0.15, 0.2) is 47.4 Å². The molecule has 1 amide bonds. The van der Waals surface area contributed by atoms with Crippen molar-refractivity contribution in [3.63, 3.8) is 0 Å². The summed E-state index contributed by atoms with van der Waals surface area (Å²) in [5.74, 6) is -3.05. The maximum Gasteiger partial charge on any atom is 0.275 e. The minimum atomic E-state index is -4.29. The van der Waals surface area contributed by atoms with E-state index in [1.807, 2.05) is 11.5 Å². The van der Waals surface area contributed by atoms with Gasteiger partial charge in [0.1, 0.15) is 5.75 Å². The summed E-state index contributed by atoms with van der Waals surface area (Å²) in [7, 11) is -4.29. The fourth-order valence-electron chi connectivity index (χ4n) is 1.79. The van der Waals surface area contributed by atoms with Crippen molar-refractivity contribution in [3.05, 3.63) is 59.7 Å². The average molecular weight is 381 g/mol. The van der Waals surface area contributed by atoms with E-state index in [1.54, 1.807) is 4.83 Å². The van der Waals surface area contributed by atoms with E-state index in [1.165, 1.54) is 31.2 Å². The second-order valence-electron chi connectivity index (χ2n) is 5.07. The van der Waals surface area contributed by atoms with Gasteiger partial charge < -0.3 is 4.74 Å². The average Bonchev–Trinajstić information content (AvgIpc) is 2.62. The van der Waals surface area contributed by atoms with Crippen LogP contribution in [0, 0.1) is 23.0 Å². The molecule has 0 aromatic heterocycles. The third-order valence-corrected chi connectivity index (χ3v) is 4.42. The number of hydrazine groups is 1. The van der Waals surface area contributed by atoms with Crippen molar-refractivity contribution in [2.45, 2.75) is 17.9 Å². The van der Waals surface area contributed by atoms with Crippen LogP contribution in [-0.2, 0) is 14.8 Å². The van der Waals surface area contributed by atoms with Crippen molar-refractivity contribution in [1.82, 2.24) is 10.3 Å². The van der Waals surface area contributed by atoms with Crippen LogP contribution in [0.4, 0.5) is 8.78 Å². The minimum Gasteiger partial charge on any atom is -0.481 e. The van der Waals surface area contributed by atoms with Crippen LogP contribution in [0.2, 0.25) is 0 Å². The number of rotatable bonds is 6. The van der Waals surface area contributed by atoms with E-state index in [0.29, 0.717) is 23.4 Å². The maximum absolute atomic E-state index is 13.1. The molecule has 0 aliphatic carbocycles. The molecule has 0 saturated heterocycles. The fourth-order valence-corrected chi connectivity index (χ4v) is 2.65. The lowest BCUT2D eigenvalue weighted by molar-refractivity contribution is -0.127. The highest BCUT2D eigenvalue weighted by molar-refractivity contribution is 7.89. The second kappa shape index (κ2) is 7.90. The Morgan fingerprint density at radius 2 is 1.81 bits per heavy atom. The van der Waals surface area contributed by atoms with E-state index < -0.39 is 38.6 Å². The Kier molecular flexibility index (Phi) is 5.86. The van der Waals surface area contributed by atoms with Crippen molar-refractivity contribution in [2.75, 3.05) is 0 Å². The van der Waals surface area contributed by atoms with Crippen molar-refractivity contribution in [2.24, 2.45) is 0 Å². The molecule has 0 aliphatic rings. The molecule has 2 aromatic rings. The molecular formula is C16H13F2N3O4S. The molecule has 7 nitrogen and oxygen atoms in total. The zero-order valence-electron chi connectivity index (χ0n) is 13.4. The van der Waals surface area contributed by atoms with Gasteiger partial charge in [0.15, 0.2) is 17.7 Å². The summed E-state index contributed by atoms with van der Waals surface area (Å²) in [4.78, 5) is 13.1. The zero-order valence-corrected chi connectivity index (χ0v) is 14.2. The highest BCUT2D eigenvalue weighted by atomic mass is 32.2. The first-order chi connectivity index (χ1) is 12.2. The van der Waals surface area contributed by atoms with Gasteiger partial charge in [-0.05, 0) is 49.4 Å². The SMILES string of the molecule is C[C@@H](Oc1ccc(C#N)cc1)C(=O)NNS(=O)(=O)c1ccc(F)c(F)c1. The summed E-state index contributed by atoms with van der Waals surface area (Å²) in [6, 6.07) is 9.86. The van der Waals surface area contributed by atoms with Gasteiger partial charge in [-0.1, -0.05) is 0 Å². The van der Waals surface area contributed by atoms with Gasteiger partial charge in [0.25, 0.3) is 15.9 Å². The molecule has 0 bridgehead atoms. The van der Waals surface area contributed by atoms with Gasteiger partial charge in [-0.2, -0.15) is 5.26 Å². The number of sulfonamides is 1. The van der Waals surface area contributed by atoms with Gasteiger partial charge in [0.05, 0.1) is 16.5 Å². The standard InChI is InChI=1S/C16H13F2N3O4S/c1-10(25-12-4-2-11(9-19)3-5-12)16(22)20-21-26(23,24)13-6-7-14(17)15(18)8-13/h2-8,10,21H,1H3,(H,20,22)/t10-/m1/s1. The molecule has 0 aliphatic heterocycles. The molecule has 1 atom stereocenters. The predicted molar refractivity (Wildman–Crippen MR) is 86.1 cm³/mol. The summed E-state index contributed by atoms with van der Waals surface area (Å²) in [5, 5.41) is 8.71. The first kappa shape index (κ1) is 19.3. The molecule has 10 heteroatoms. The van der Waals surface area contributed by atoms with Crippen LogP contribution < -0.4 is 15.0 Å². The van der Waals surface area contributed by atoms with Crippen molar-refractivity contribution < 1.29 is 26.7 Å². The lowest BCUT2D eigenvalue weighted by Crippen LogP contribution is -2.47. The Morgan fingerprint density at radius 3 is 2.38 bits per heavy atom. The van der Waals surface area contributed by atoms with Gasteiger partial charge in [-0.15, -0.1) is 4.83 Å². The summed E-state index contributed by atoms with van der Waals surface area (Å²) in [6.07, 6.45) is -1.07. The Balaban J connectivity index is 1.97. The topological polar surface area (TPSA) is 108 Å². The molecule has 26 heavy (non-hydrogen) atoms. The summed E-state index contributed by atoms with van der Waals surface area (Å²) < 4.78 is 55.3. The molecule has 0 heterocycles. The van der Waals surface area contributed by atoms with Gasteiger partial charge in [-0.3, -0.25) is 10.2 Å². The smallest absolute Gasteiger partial charge is 0.275 e. The van der Waals surface area contributed by atoms with Gasteiger partial charge >= 0.3 is 0 Å². The van der Waals surface area contributed by atoms with Crippen LogP contribution in [-0.4, -0.2) is 20.4 Å². The summed E-state index contributed by atoms with van der Waals surface area (Å²) in [6.45, 7) is 1.37. The number of nitrogens with zero attached hydrogens (tertiary/aromatic N) is 1. The number of carbonyl (C=O) groups excluding carboxylic acids is 1. The lowest BCUT2D eigenvalue weighted by Gasteiger charge is -2.15. The Hall–Kier alpha value is -3.03. The molecule has 2 rings (SSSR count). The Labute approximate surface area is 148 Å². The van der Waals surface area contributed by atoms with E-state index in [0.717, 1.165) is 6.07 Å². The van der Waals surface area contributed by atoms with E-state index in [9.17, 15) is 22.0 Å². The number of hydrogen-bond acceptors (Lipinski definition) is 5. The second-order valence-corrected chi connectivity index (χ2v) is 6.75. The van der Waals surface area contributed by atoms with Gasteiger partial charge in [0, 0.05) is 0 Å². The normalized spacial score (nSPS) is 12.1. The third kappa shape index (κ3) is 4.75. The van der Waals surface area contributed by atoms with Gasteiger partial charge in [-0.25, -0.2) is 17.2 Å². The molecule has 0 unspecified atom stereocenters. The van der Waals surface area contributed by atoms with E-state index in [-0.39, 0.29) is 0 Å². The van der Waals surface area contributed by atoms with Crippen LogP contribution in [0.25, 0.3) is 0 Å². The van der Waals surface area contributed by atoms with Gasteiger partial charge in [0.2, 0.25) is 0 Å².